The van der Waals surface area contributed by atoms with Gasteiger partial charge in [0.15, 0.2) is 6.61 Å². The first-order chi connectivity index (χ1) is 13.0. The van der Waals surface area contributed by atoms with Crippen LogP contribution >= 0.6 is 11.6 Å². The summed E-state index contributed by atoms with van der Waals surface area (Å²) in [4.78, 5) is 25.8. The van der Waals surface area contributed by atoms with Crippen molar-refractivity contribution in [1.82, 2.24) is 5.32 Å². The SMILES string of the molecule is Cc1ccc(N2CC(CNC(=O)COc3ccc(Cl)cc3)OCC2=O)cc1. The first-order valence-corrected chi connectivity index (χ1v) is 9.03. The molecule has 0 aromatic heterocycles. The molecule has 2 aromatic rings. The van der Waals surface area contributed by atoms with Crippen LogP contribution in [0.15, 0.2) is 48.5 Å². The summed E-state index contributed by atoms with van der Waals surface area (Å²) < 4.78 is 10.9. The number of hydrogen-bond acceptors (Lipinski definition) is 4. The second-order valence-electron chi connectivity index (χ2n) is 6.32. The average Bonchev–Trinajstić information content (AvgIpc) is 2.67. The Bertz CT molecular complexity index is 793. The lowest BCUT2D eigenvalue weighted by atomic mass is 10.2. The van der Waals surface area contributed by atoms with Gasteiger partial charge in [-0.05, 0) is 43.3 Å². The lowest BCUT2D eigenvalue weighted by Crippen LogP contribution is -2.51. The number of anilines is 1. The lowest BCUT2D eigenvalue weighted by Gasteiger charge is -2.33. The van der Waals surface area contributed by atoms with E-state index in [9.17, 15) is 9.59 Å². The number of hydrogen-bond donors (Lipinski definition) is 1. The molecule has 1 saturated heterocycles. The van der Waals surface area contributed by atoms with Gasteiger partial charge in [-0.3, -0.25) is 9.59 Å². The topological polar surface area (TPSA) is 67.9 Å². The fourth-order valence-corrected chi connectivity index (χ4v) is 2.81. The molecule has 6 nitrogen and oxygen atoms in total. The van der Waals surface area contributed by atoms with Crippen molar-refractivity contribution >= 4 is 29.1 Å². The zero-order valence-corrected chi connectivity index (χ0v) is 15.7. The summed E-state index contributed by atoms with van der Waals surface area (Å²) in [5, 5.41) is 3.38. The monoisotopic (exact) mass is 388 g/mol. The summed E-state index contributed by atoms with van der Waals surface area (Å²) in [6, 6.07) is 14.5. The minimum Gasteiger partial charge on any atom is -0.484 e. The van der Waals surface area contributed by atoms with Gasteiger partial charge in [0.05, 0.1) is 12.6 Å². The van der Waals surface area contributed by atoms with Crippen LogP contribution in [-0.2, 0) is 14.3 Å². The van der Waals surface area contributed by atoms with Crippen LogP contribution < -0.4 is 15.0 Å². The number of ether oxygens (including phenoxy) is 2. The number of morpholine rings is 1. The molecule has 7 heteroatoms. The van der Waals surface area contributed by atoms with E-state index in [2.05, 4.69) is 5.32 Å². The number of nitrogens with one attached hydrogen (secondary N) is 1. The normalized spacial score (nSPS) is 16.9. The Morgan fingerprint density at radius 3 is 2.63 bits per heavy atom. The number of nitrogens with zero attached hydrogens (tertiary/aromatic N) is 1. The standard InChI is InChI=1S/C20H21ClN2O4/c1-14-2-6-16(7-3-14)23-11-18(27-13-20(23)25)10-22-19(24)12-26-17-8-4-15(21)5-9-17/h2-9,18H,10-13H2,1H3,(H,22,24). The number of amides is 2. The summed E-state index contributed by atoms with van der Waals surface area (Å²) in [6.45, 7) is 2.58. The van der Waals surface area contributed by atoms with Gasteiger partial charge < -0.3 is 19.7 Å². The molecule has 2 aromatic carbocycles. The van der Waals surface area contributed by atoms with Gasteiger partial charge in [-0.1, -0.05) is 29.3 Å². The third-order valence-corrected chi connectivity index (χ3v) is 4.44. The summed E-state index contributed by atoms with van der Waals surface area (Å²) in [5.41, 5.74) is 1.96. The second kappa shape index (κ2) is 8.88. The third-order valence-electron chi connectivity index (χ3n) is 4.19. The fraction of sp³-hybridized carbons (Fsp3) is 0.300. The van der Waals surface area contributed by atoms with Crippen molar-refractivity contribution in [3.05, 3.63) is 59.1 Å². The van der Waals surface area contributed by atoms with Crippen molar-refractivity contribution in [3.8, 4) is 5.75 Å². The minimum atomic E-state index is -0.275. The zero-order valence-electron chi connectivity index (χ0n) is 15.0. The molecule has 1 unspecified atom stereocenters. The summed E-state index contributed by atoms with van der Waals surface area (Å²) in [7, 11) is 0. The molecule has 0 saturated carbocycles. The van der Waals surface area contributed by atoms with Gasteiger partial charge in [-0.2, -0.15) is 0 Å². The number of rotatable bonds is 6. The maximum absolute atomic E-state index is 12.1. The van der Waals surface area contributed by atoms with Gasteiger partial charge in [0, 0.05) is 17.3 Å². The molecule has 1 N–H and O–H groups in total. The van der Waals surface area contributed by atoms with Crippen LogP contribution in [-0.4, -0.2) is 44.2 Å². The number of benzene rings is 2. The molecule has 1 fully saturated rings. The summed E-state index contributed by atoms with van der Waals surface area (Å²) in [5.74, 6) is 0.222. The van der Waals surface area contributed by atoms with E-state index in [0.717, 1.165) is 11.3 Å². The van der Waals surface area contributed by atoms with Gasteiger partial charge in [0.2, 0.25) is 0 Å². The van der Waals surface area contributed by atoms with Crippen LogP contribution in [0.25, 0.3) is 0 Å². The predicted octanol–water partition coefficient (Wildman–Crippen LogP) is 2.58. The molecule has 2 amide bonds. The molecule has 1 aliphatic heterocycles. The number of halogens is 1. The van der Waals surface area contributed by atoms with Crippen LogP contribution in [0.5, 0.6) is 5.75 Å². The van der Waals surface area contributed by atoms with Crippen molar-refractivity contribution in [2.45, 2.75) is 13.0 Å². The molecule has 27 heavy (non-hydrogen) atoms. The smallest absolute Gasteiger partial charge is 0.258 e. The lowest BCUT2D eigenvalue weighted by molar-refractivity contribution is -0.130. The van der Waals surface area contributed by atoms with E-state index in [4.69, 9.17) is 21.1 Å². The molecule has 0 radical (unpaired) electrons. The van der Waals surface area contributed by atoms with Crippen LogP contribution in [0.4, 0.5) is 5.69 Å². The van der Waals surface area contributed by atoms with Crippen LogP contribution in [0.2, 0.25) is 5.02 Å². The summed E-state index contributed by atoms with van der Waals surface area (Å²) in [6.07, 6.45) is -0.275. The van der Waals surface area contributed by atoms with Gasteiger partial charge in [-0.15, -0.1) is 0 Å². The van der Waals surface area contributed by atoms with Gasteiger partial charge >= 0.3 is 0 Å². The van der Waals surface area contributed by atoms with Crippen LogP contribution in [0.3, 0.4) is 0 Å². The molecule has 142 valence electrons. The van der Waals surface area contributed by atoms with E-state index in [1.807, 2.05) is 31.2 Å². The van der Waals surface area contributed by atoms with E-state index in [0.29, 0.717) is 23.9 Å². The maximum Gasteiger partial charge on any atom is 0.258 e. The maximum atomic E-state index is 12.1. The van der Waals surface area contributed by atoms with Gasteiger partial charge in [0.25, 0.3) is 11.8 Å². The van der Waals surface area contributed by atoms with Crippen molar-refractivity contribution in [1.29, 1.82) is 0 Å². The first kappa shape index (κ1) is 19.2. The number of carbonyl (C=O) groups is 2. The molecule has 0 aliphatic carbocycles. The molecule has 1 atom stereocenters. The molecular weight excluding hydrogens is 368 g/mol. The quantitative estimate of drug-likeness (QED) is 0.825. The summed E-state index contributed by atoms with van der Waals surface area (Å²) >= 11 is 5.81. The molecule has 1 heterocycles. The Morgan fingerprint density at radius 2 is 1.93 bits per heavy atom. The number of aryl methyl sites for hydroxylation is 1. The highest BCUT2D eigenvalue weighted by Crippen LogP contribution is 2.19. The van der Waals surface area contributed by atoms with Crippen molar-refractivity contribution < 1.29 is 19.1 Å². The van der Waals surface area contributed by atoms with Crippen molar-refractivity contribution in [2.75, 3.05) is 31.2 Å². The second-order valence-corrected chi connectivity index (χ2v) is 6.76. The Balaban J connectivity index is 1.47. The number of carbonyl (C=O) groups excluding carboxylic acids is 2. The van der Waals surface area contributed by atoms with Crippen LogP contribution in [0.1, 0.15) is 5.56 Å². The Kier molecular flexibility index (Phi) is 6.32. The van der Waals surface area contributed by atoms with E-state index in [1.165, 1.54) is 0 Å². The first-order valence-electron chi connectivity index (χ1n) is 8.65. The average molecular weight is 389 g/mol. The highest BCUT2D eigenvalue weighted by molar-refractivity contribution is 6.30. The molecule has 3 rings (SSSR count). The minimum absolute atomic E-state index is 0.00428. The van der Waals surface area contributed by atoms with Crippen molar-refractivity contribution in [2.24, 2.45) is 0 Å². The van der Waals surface area contributed by atoms with E-state index < -0.39 is 0 Å². The van der Waals surface area contributed by atoms with E-state index in [-0.39, 0.29) is 31.1 Å². The van der Waals surface area contributed by atoms with E-state index in [1.54, 1.807) is 29.2 Å². The Labute approximate surface area is 163 Å². The van der Waals surface area contributed by atoms with Crippen molar-refractivity contribution in [3.63, 3.8) is 0 Å². The van der Waals surface area contributed by atoms with Crippen LogP contribution in [0, 0.1) is 6.92 Å². The zero-order chi connectivity index (χ0) is 19.2. The Hall–Kier alpha value is -2.57. The molecule has 1 aliphatic rings. The van der Waals surface area contributed by atoms with E-state index >= 15 is 0 Å². The largest absolute Gasteiger partial charge is 0.484 e. The van der Waals surface area contributed by atoms with Gasteiger partial charge in [0.1, 0.15) is 12.4 Å². The molecule has 0 bridgehead atoms. The molecule has 0 spiro atoms. The highest BCUT2D eigenvalue weighted by Gasteiger charge is 2.27. The predicted molar refractivity (Wildman–Crippen MR) is 103 cm³/mol. The molecular formula is C20H21ClN2O4. The highest BCUT2D eigenvalue weighted by atomic mass is 35.5. The third kappa shape index (κ3) is 5.45. The Morgan fingerprint density at radius 1 is 1.22 bits per heavy atom. The fourth-order valence-electron chi connectivity index (χ4n) is 2.68. The van der Waals surface area contributed by atoms with Gasteiger partial charge in [-0.25, -0.2) is 0 Å².